The highest BCUT2D eigenvalue weighted by Crippen LogP contribution is 2.42. The zero-order chi connectivity index (χ0) is 14.2. The Labute approximate surface area is 122 Å². The van der Waals surface area contributed by atoms with E-state index in [0.717, 1.165) is 18.4 Å². The Morgan fingerprint density at radius 1 is 1.05 bits per heavy atom. The first-order valence-electron chi connectivity index (χ1n) is 8.24. The molecule has 3 rings (SSSR count). The van der Waals surface area contributed by atoms with Crippen LogP contribution in [0.15, 0.2) is 18.2 Å². The number of aryl methyl sites for hydroxylation is 2. The number of carbonyl (C=O) groups is 1. The van der Waals surface area contributed by atoms with Gasteiger partial charge in [0.1, 0.15) is 0 Å². The first-order chi connectivity index (χ1) is 9.58. The van der Waals surface area contributed by atoms with E-state index in [0.29, 0.717) is 5.78 Å². The van der Waals surface area contributed by atoms with E-state index in [-0.39, 0.29) is 11.3 Å². The normalized spacial score (nSPS) is 25.0. The van der Waals surface area contributed by atoms with Crippen molar-refractivity contribution >= 4 is 5.78 Å². The molecule has 0 N–H and O–H groups in total. The largest absolute Gasteiger partial charge is 0.294 e. The summed E-state index contributed by atoms with van der Waals surface area (Å²) in [5.41, 5.74) is 4.03. The molecule has 1 aromatic rings. The number of ketones is 1. The van der Waals surface area contributed by atoms with E-state index < -0.39 is 0 Å². The molecular weight excluding hydrogens is 244 g/mol. The van der Waals surface area contributed by atoms with Gasteiger partial charge in [0.25, 0.3) is 0 Å². The van der Waals surface area contributed by atoms with Crippen molar-refractivity contribution in [2.45, 2.75) is 65.2 Å². The van der Waals surface area contributed by atoms with Crippen LogP contribution in [0.3, 0.4) is 0 Å². The van der Waals surface area contributed by atoms with Gasteiger partial charge in [0.2, 0.25) is 0 Å². The molecule has 1 nitrogen and oxygen atoms in total. The Morgan fingerprint density at radius 3 is 2.55 bits per heavy atom. The molecule has 1 heteroatoms. The van der Waals surface area contributed by atoms with Gasteiger partial charge in [-0.05, 0) is 61.1 Å². The minimum atomic E-state index is 0.172. The summed E-state index contributed by atoms with van der Waals surface area (Å²) in [6, 6.07) is 6.48. The van der Waals surface area contributed by atoms with Gasteiger partial charge in [-0.3, -0.25) is 4.79 Å². The lowest BCUT2D eigenvalue weighted by Crippen LogP contribution is -2.34. The molecule has 0 amide bonds. The molecule has 0 aliphatic heterocycles. The second kappa shape index (κ2) is 5.35. The highest BCUT2D eigenvalue weighted by molar-refractivity contribution is 5.98. The van der Waals surface area contributed by atoms with Crippen LogP contribution < -0.4 is 0 Å². The van der Waals surface area contributed by atoms with Crippen LogP contribution in [0.2, 0.25) is 0 Å². The maximum absolute atomic E-state index is 12.9. The van der Waals surface area contributed by atoms with Gasteiger partial charge in [0.15, 0.2) is 5.78 Å². The van der Waals surface area contributed by atoms with E-state index in [2.05, 4.69) is 32.0 Å². The second-order valence-electron chi connectivity index (χ2n) is 7.34. The maximum atomic E-state index is 12.9. The quantitative estimate of drug-likeness (QED) is 0.694. The molecule has 0 saturated heterocycles. The number of Topliss-reactive ketones (excluding diaryl/α,β-unsaturated/α-hetero) is 1. The summed E-state index contributed by atoms with van der Waals surface area (Å²) in [5, 5.41) is 0. The third-order valence-corrected chi connectivity index (χ3v) is 5.46. The molecule has 1 saturated carbocycles. The summed E-state index contributed by atoms with van der Waals surface area (Å²) in [7, 11) is 0. The summed E-state index contributed by atoms with van der Waals surface area (Å²) >= 11 is 0. The molecule has 1 fully saturated rings. The highest BCUT2D eigenvalue weighted by Gasteiger charge is 2.37. The van der Waals surface area contributed by atoms with E-state index in [4.69, 9.17) is 0 Å². The molecule has 0 spiro atoms. The molecule has 0 radical (unpaired) electrons. The molecule has 1 unspecified atom stereocenters. The summed E-state index contributed by atoms with van der Waals surface area (Å²) in [4.78, 5) is 12.9. The van der Waals surface area contributed by atoms with Crippen molar-refractivity contribution in [3.05, 3.63) is 34.9 Å². The number of fused-ring (bicyclic) bond motifs is 1. The van der Waals surface area contributed by atoms with Gasteiger partial charge in [-0.25, -0.2) is 0 Å². The van der Waals surface area contributed by atoms with Crippen molar-refractivity contribution in [1.82, 2.24) is 0 Å². The maximum Gasteiger partial charge on any atom is 0.166 e. The first-order valence-corrected chi connectivity index (χ1v) is 8.24. The van der Waals surface area contributed by atoms with Gasteiger partial charge in [-0.15, -0.1) is 0 Å². The minimum Gasteiger partial charge on any atom is -0.294 e. The number of rotatable bonds is 2. The summed E-state index contributed by atoms with van der Waals surface area (Å²) in [6.07, 6.45) is 9.68. The Bertz CT molecular complexity index is 512. The van der Waals surface area contributed by atoms with Crippen LogP contribution >= 0.6 is 0 Å². The molecule has 0 bridgehead atoms. The van der Waals surface area contributed by atoms with E-state index in [1.165, 1.54) is 49.7 Å². The van der Waals surface area contributed by atoms with Crippen molar-refractivity contribution in [3.8, 4) is 0 Å². The topological polar surface area (TPSA) is 17.1 Å². The number of hydrogen-bond acceptors (Lipinski definition) is 1. The molecule has 1 aromatic carbocycles. The second-order valence-corrected chi connectivity index (χ2v) is 7.34. The fraction of sp³-hybridized carbons (Fsp3) is 0.632. The number of carbonyl (C=O) groups excluding carboxylic acids is 1. The van der Waals surface area contributed by atoms with Gasteiger partial charge >= 0.3 is 0 Å². The molecule has 1 atom stereocenters. The fourth-order valence-corrected chi connectivity index (χ4v) is 4.07. The van der Waals surface area contributed by atoms with Gasteiger partial charge in [-0.2, -0.15) is 0 Å². The predicted octanol–water partition coefficient (Wildman–Crippen LogP) is 4.96. The standard InChI is InChI=1S/C19H26O/c1-19(2)12-6-5-9-17(19)18(20)16-11-10-14-7-3-4-8-15(14)13-16/h10-11,13,17H,3-9,12H2,1-2H3. The monoisotopic (exact) mass is 270 g/mol. The van der Waals surface area contributed by atoms with Crippen LogP contribution in [0.5, 0.6) is 0 Å². The van der Waals surface area contributed by atoms with Crippen LogP contribution in [0.25, 0.3) is 0 Å². The third kappa shape index (κ3) is 2.55. The lowest BCUT2D eigenvalue weighted by atomic mass is 9.66. The average Bonchev–Trinajstić information content (AvgIpc) is 2.45. The summed E-state index contributed by atoms with van der Waals surface area (Å²) in [6.45, 7) is 4.54. The third-order valence-electron chi connectivity index (χ3n) is 5.46. The SMILES string of the molecule is CC1(C)CCCCC1C(=O)c1ccc2c(c1)CCCC2. The van der Waals surface area contributed by atoms with E-state index in [1.807, 2.05) is 0 Å². The molecular formula is C19H26O. The molecule has 2 aliphatic rings. The first kappa shape index (κ1) is 13.9. The van der Waals surface area contributed by atoms with E-state index >= 15 is 0 Å². The van der Waals surface area contributed by atoms with Crippen molar-refractivity contribution in [1.29, 1.82) is 0 Å². The molecule has 20 heavy (non-hydrogen) atoms. The number of benzene rings is 1. The van der Waals surface area contributed by atoms with Crippen LogP contribution in [0, 0.1) is 11.3 Å². The van der Waals surface area contributed by atoms with Gasteiger partial charge < -0.3 is 0 Å². The van der Waals surface area contributed by atoms with E-state index in [9.17, 15) is 4.79 Å². The molecule has 0 aromatic heterocycles. The van der Waals surface area contributed by atoms with E-state index in [1.54, 1.807) is 0 Å². The van der Waals surface area contributed by atoms with Gasteiger partial charge in [0, 0.05) is 11.5 Å². The predicted molar refractivity (Wildman–Crippen MR) is 83.2 cm³/mol. The zero-order valence-electron chi connectivity index (χ0n) is 12.9. The average molecular weight is 270 g/mol. The number of hydrogen-bond donors (Lipinski definition) is 0. The van der Waals surface area contributed by atoms with Crippen molar-refractivity contribution in [3.63, 3.8) is 0 Å². The fourth-order valence-electron chi connectivity index (χ4n) is 4.07. The van der Waals surface area contributed by atoms with Crippen molar-refractivity contribution in [2.24, 2.45) is 11.3 Å². The smallest absolute Gasteiger partial charge is 0.166 e. The van der Waals surface area contributed by atoms with Crippen LogP contribution in [0.4, 0.5) is 0 Å². The summed E-state index contributed by atoms with van der Waals surface area (Å²) < 4.78 is 0. The van der Waals surface area contributed by atoms with Crippen LogP contribution in [-0.4, -0.2) is 5.78 Å². The Kier molecular flexibility index (Phi) is 3.70. The van der Waals surface area contributed by atoms with Crippen LogP contribution in [0.1, 0.15) is 73.9 Å². The van der Waals surface area contributed by atoms with Crippen LogP contribution in [-0.2, 0) is 12.8 Å². The molecule has 0 heterocycles. The lowest BCUT2D eigenvalue weighted by Gasteiger charge is -2.37. The Hall–Kier alpha value is -1.11. The van der Waals surface area contributed by atoms with Crippen molar-refractivity contribution < 1.29 is 4.79 Å². The zero-order valence-corrected chi connectivity index (χ0v) is 12.9. The molecule has 2 aliphatic carbocycles. The summed E-state index contributed by atoms with van der Waals surface area (Å²) in [5.74, 6) is 0.612. The molecule has 108 valence electrons. The Balaban J connectivity index is 1.86. The minimum absolute atomic E-state index is 0.172. The highest BCUT2D eigenvalue weighted by atomic mass is 16.1. The lowest BCUT2D eigenvalue weighted by molar-refractivity contribution is 0.0697. The van der Waals surface area contributed by atoms with Crippen molar-refractivity contribution in [2.75, 3.05) is 0 Å². The van der Waals surface area contributed by atoms with Gasteiger partial charge in [-0.1, -0.05) is 38.8 Å². The van der Waals surface area contributed by atoms with Gasteiger partial charge in [0.05, 0.1) is 0 Å². The Morgan fingerprint density at radius 2 is 1.80 bits per heavy atom.